The van der Waals surface area contributed by atoms with Crippen LogP contribution < -0.4 is 10.1 Å². The molecule has 0 radical (unpaired) electrons. The van der Waals surface area contributed by atoms with Crippen molar-refractivity contribution in [2.75, 3.05) is 13.2 Å². The molecule has 0 atom stereocenters. The third kappa shape index (κ3) is 5.67. The number of ether oxygens (including phenoxy) is 2. The molecule has 0 unspecified atom stereocenters. The van der Waals surface area contributed by atoms with E-state index in [2.05, 4.69) is 15.3 Å². The van der Waals surface area contributed by atoms with Crippen LogP contribution in [-0.2, 0) is 4.74 Å². The van der Waals surface area contributed by atoms with E-state index in [-0.39, 0.29) is 5.28 Å². The number of nitrogens with one attached hydrogen (secondary N) is 1. The lowest BCUT2D eigenvalue weighted by Crippen LogP contribution is -2.33. The van der Waals surface area contributed by atoms with Crippen molar-refractivity contribution in [2.45, 2.75) is 51.6 Å². The maximum absolute atomic E-state index is 11.5. The molecule has 1 aliphatic carbocycles. The Morgan fingerprint density at radius 1 is 1.45 bits per heavy atom. The number of alkyl carbamates (subject to hydrolysis) is 1. The first kappa shape index (κ1) is 16.8. The van der Waals surface area contributed by atoms with Gasteiger partial charge in [-0.05, 0) is 57.6 Å². The quantitative estimate of drug-likeness (QED) is 0.641. The highest BCUT2D eigenvalue weighted by atomic mass is 35.5. The molecule has 1 aromatic rings. The summed E-state index contributed by atoms with van der Waals surface area (Å²) in [6.45, 7) is 6.41. The van der Waals surface area contributed by atoms with E-state index in [0.29, 0.717) is 31.4 Å². The fourth-order valence-corrected chi connectivity index (χ4v) is 2.02. The molecule has 1 amide bonds. The molecule has 1 heterocycles. The minimum atomic E-state index is -0.489. The lowest BCUT2D eigenvalue weighted by molar-refractivity contribution is 0.0525. The standard InChI is InChI=1S/C15H22ClN3O3/c1-15(2,3)22-14(20)17-7-4-8-21-12-11(10-5-6-10)9-18-13(16)19-12/h9-10H,4-8H2,1-3H3,(H,17,20). The van der Waals surface area contributed by atoms with Gasteiger partial charge in [0.25, 0.3) is 0 Å². The summed E-state index contributed by atoms with van der Waals surface area (Å²) in [7, 11) is 0. The Morgan fingerprint density at radius 3 is 2.82 bits per heavy atom. The molecule has 1 aromatic heterocycles. The zero-order valence-electron chi connectivity index (χ0n) is 13.2. The number of aromatic nitrogens is 2. The summed E-state index contributed by atoms with van der Waals surface area (Å²) in [6, 6.07) is 0. The summed E-state index contributed by atoms with van der Waals surface area (Å²) < 4.78 is 10.8. The van der Waals surface area contributed by atoms with E-state index in [0.717, 1.165) is 18.4 Å². The highest BCUT2D eigenvalue weighted by Crippen LogP contribution is 2.43. The normalized spacial score (nSPS) is 14.5. The van der Waals surface area contributed by atoms with E-state index in [1.807, 2.05) is 20.8 Å². The molecule has 2 rings (SSSR count). The maximum atomic E-state index is 11.5. The number of hydrogen-bond acceptors (Lipinski definition) is 5. The molecule has 1 fully saturated rings. The first-order valence-electron chi connectivity index (χ1n) is 7.47. The Labute approximate surface area is 135 Å². The minimum Gasteiger partial charge on any atom is -0.477 e. The molecule has 6 nitrogen and oxygen atoms in total. The summed E-state index contributed by atoms with van der Waals surface area (Å²) in [5, 5.41) is 2.87. The van der Waals surface area contributed by atoms with Crippen LogP contribution in [0.1, 0.15) is 51.5 Å². The van der Waals surface area contributed by atoms with Crippen LogP contribution in [0.3, 0.4) is 0 Å². The number of carbonyl (C=O) groups is 1. The Kier molecular flexibility index (Phi) is 5.45. The van der Waals surface area contributed by atoms with E-state index in [1.54, 1.807) is 6.20 Å². The lowest BCUT2D eigenvalue weighted by Gasteiger charge is -2.19. The summed E-state index contributed by atoms with van der Waals surface area (Å²) in [5.41, 5.74) is 0.529. The molecular weight excluding hydrogens is 306 g/mol. The number of carbonyl (C=O) groups excluding carboxylic acids is 1. The van der Waals surface area contributed by atoms with Crippen molar-refractivity contribution in [1.29, 1.82) is 0 Å². The third-order valence-corrected chi connectivity index (χ3v) is 3.18. The second kappa shape index (κ2) is 7.13. The predicted molar refractivity (Wildman–Crippen MR) is 83.4 cm³/mol. The van der Waals surface area contributed by atoms with Gasteiger partial charge in [0.15, 0.2) is 0 Å². The number of nitrogens with zero attached hydrogens (tertiary/aromatic N) is 2. The first-order chi connectivity index (χ1) is 10.3. The fraction of sp³-hybridized carbons (Fsp3) is 0.667. The average Bonchev–Trinajstić information content (AvgIpc) is 3.20. The van der Waals surface area contributed by atoms with Crippen LogP contribution >= 0.6 is 11.6 Å². The summed E-state index contributed by atoms with van der Waals surface area (Å²) in [4.78, 5) is 19.6. The van der Waals surface area contributed by atoms with Crippen LogP contribution in [0.4, 0.5) is 4.79 Å². The van der Waals surface area contributed by atoms with Crippen molar-refractivity contribution < 1.29 is 14.3 Å². The molecular formula is C15H22ClN3O3. The highest BCUT2D eigenvalue weighted by molar-refractivity contribution is 6.28. The molecule has 1 N–H and O–H groups in total. The van der Waals surface area contributed by atoms with E-state index < -0.39 is 11.7 Å². The van der Waals surface area contributed by atoms with Gasteiger partial charge in [-0.3, -0.25) is 0 Å². The molecule has 0 spiro atoms. The van der Waals surface area contributed by atoms with Crippen molar-refractivity contribution in [1.82, 2.24) is 15.3 Å². The van der Waals surface area contributed by atoms with Crippen LogP contribution in [0, 0.1) is 0 Å². The second-order valence-corrected chi connectivity index (χ2v) is 6.64. The van der Waals surface area contributed by atoms with E-state index in [1.165, 1.54) is 0 Å². The first-order valence-corrected chi connectivity index (χ1v) is 7.85. The van der Waals surface area contributed by atoms with Crippen molar-refractivity contribution in [3.63, 3.8) is 0 Å². The third-order valence-electron chi connectivity index (χ3n) is 3.00. The Bertz CT molecular complexity index is 527. The summed E-state index contributed by atoms with van der Waals surface area (Å²) in [6.07, 6.45) is 4.26. The minimum absolute atomic E-state index is 0.186. The van der Waals surface area contributed by atoms with Crippen LogP contribution in [0.25, 0.3) is 0 Å². The van der Waals surface area contributed by atoms with Gasteiger partial charge in [-0.25, -0.2) is 9.78 Å². The largest absolute Gasteiger partial charge is 0.477 e. The zero-order chi connectivity index (χ0) is 16.2. The lowest BCUT2D eigenvalue weighted by atomic mass is 10.2. The van der Waals surface area contributed by atoms with Gasteiger partial charge in [0, 0.05) is 18.3 Å². The highest BCUT2D eigenvalue weighted by Gasteiger charge is 2.28. The van der Waals surface area contributed by atoms with Crippen LogP contribution in [0.5, 0.6) is 5.88 Å². The van der Waals surface area contributed by atoms with Gasteiger partial charge < -0.3 is 14.8 Å². The van der Waals surface area contributed by atoms with E-state index >= 15 is 0 Å². The van der Waals surface area contributed by atoms with Crippen molar-refractivity contribution in [3.8, 4) is 5.88 Å². The van der Waals surface area contributed by atoms with Gasteiger partial charge in [0.1, 0.15) is 5.60 Å². The molecule has 122 valence electrons. The number of halogens is 1. The fourth-order valence-electron chi connectivity index (χ4n) is 1.89. The van der Waals surface area contributed by atoms with Crippen molar-refractivity contribution in [3.05, 3.63) is 17.0 Å². The van der Waals surface area contributed by atoms with Gasteiger partial charge in [-0.15, -0.1) is 0 Å². The number of rotatable bonds is 6. The van der Waals surface area contributed by atoms with E-state index in [9.17, 15) is 4.79 Å². The average molecular weight is 328 g/mol. The molecule has 1 saturated carbocycles. The Morgan fingerprint density at radius 2 is 2.18 bits per heavy atom. The van der Waals surface area contributed by atoms with E-state index in [4.69, 9.17) is 21.1 Å². The van der Waals surface area contributed by atoms with Gasteiger partial charge in [-0.2, -0.15) is 4.98 Å². The van der Waals surface area contributed by atoms with Crippen LogP contribution in [-0.4, -0.2) is 34.8 Å². The molecule has 0 aromatic carbocycles. The van der Waals surface area contributed by atoms with Gasteiger partial charge in [0.2, 0.25) is 11.2 Å². The molecule has 0 bridgehead atoms. The van der Waals surface area contributed by atoms with Gasteiger partial charge in [0.05, 0.1) is 6.61 Å². The van der Waals surface area contributed by atoms with Gasteiger partial charge >= 0.3 is 6.09 Å². The Hall–Kier alpha value is -1.56. The summed E-state index contributed by atoms with van der Waals surface area (Å²) in [5.74, 6) is 1.05. The monoisotopic (exact) mass is 327 g/mol. The summed E-state index contributed by atoms with van der Waals surface area (Å²) >= 11 is 5.81. The van der Waals surface area contributed by atoms with Crippen molar-refractivity contribution >= 4 is 17.7 Å². The maximum Gasteiger partial charge on any atom is 0.407 e. The zero-order valence-corrected chi connectivity index (χ0v) is 13.9. The smallest absolute Gasteiger partial charge is 0.407 e. The number of hydrogen-bond donors (Lipinski definition) is 1. The topological polar surface area (TPSA) is 73.3 Å². The molecule has 0 aliphatic heterocycles. The molecule has 7 heteroatoms. The number of amides is 1. The van der Waals surface area contributed by atoms with Crippen molar-refractivity contribution in [2.24, 2.45) is 0 Å². The second-order valence-electron chi connectivity index (χ2n) is 6.30. The molecule has 1 aliphatic rings. The van der Waals surface area contributed by atoms with Crippen LogP contribution in [0.15, 0.2) is 6.20 Å². The molecule has 0 saturated heterocycles. The van der Waals surface area contributed by atoms with Gasteiger partial charge in [-0.1, -0.05) is 0 Å². The Balaban J connectivity index is 1.71. The van der Waals surface area contributed by atoms with Crippen LogP contribution in [0.2, 0.25) is 5.28 Å². The SMILES string of the molecule is CC(C)(C)OC(=O)NCCCOc1nc(Cl)ncc1C1CC1. The molecule has 22 heavy (non-hydrogen) atoms. The predicted octanol–water partition coefficient (Wildman–Crippen LogP) is 3.30.